The smallest absolute Gasteiger partial charge is 0.308 e. The largest absolute Gasteiger partial charge is 0.456 e. The van der Waals surface area contributed by atoms with Crippen molar-refractivity contribution in [2.75, 3.05) is 0 Å². The molecule has 322 valence electrons. The van der Waals surface area contributed by atoms with Crippen LogP contribution in [0.3, 0.4) is 0 Å². The molecule has 0 aliphatic rings. The Morgan fingerprint density at radius 3 is 1.51 bits per heavy atom. The zero-order chi connectivity index (χ0) is 45.4. The Kier molecular flexibility index (Phi) is 8.79. The number of aromatic nitrogens is 5. The van der Waals surface area contributed by atoms with E-state index in [4.69, 9.17) is 14.4 Å². The third-order valence-corrected chi connectivity index (χ3v) is 13.7. The van der Waals surface area contributed by atoms with E-state index in [0.717, 1.165) is 99.7 Å². The molecular weight excluding hydrogens is 843 g/mol. The van der Waals surface area contributed by atoms with Gasteiger partial charge in [0.15, 0.2) is 0 Å². The fourth-order valence-electron chi connectivity index (χ4n) is 10.6. The van der Waals surface area contributed by atoms with Crippen molar-refractivity contribution in [3.05, 3.63) is 243 Å². The second-order valence-corrected chi connectivity index (χ2v) is 17.6. The monoisotopic (exact) mass is 882 g/mol. The highest BCUT2D eigenvalue weighted by atomic mass is 16.3. The number of benzene rings is 10. The Morgan fingerprint density at radius 1 is 0.348 bits per heavy atom. The molecule has 0 bridgehead atoms. The van der Waals surface area contributed by atoms with Gasteiger partial charge in [0.25, 0.3) is 12.2 Å². The second-order valence-electron chi connectivity index (χ2n) is 17.6. The lowest BCUT2D eigenvalue weighted by Gasteiger charge is -2.12. The summed E-state index contributed by atoms with van der Waals surface area (Å²) in [4.78, 5) is 10.8. The summed E-state index contributed by atoms with van der Waals surface area (Å²) in [6.07, 6.45) is 1.94. The first-order valence-corrected chi connectivity index (χ1v) is 23.3. The number of para-hydroxylation sites is 2. The highest BCUT2D eigenvalue weighted by Gasteiger charge is 2.29. The van der Waals surface area contributed by atoms with Crippen LogP contribution in [0.25, 0.3) is 127 Å². The van der Waals surface area contributed by atoms with Gasteiger partial charge in [-0.2, -0.15) is 4.68 Å². The van der Waals surface area contributed by atoms with Gasteiger partial charge in [0.2, 0.25) is 0 Å². The number of nitrogens with zero attached hydrogens (tertiary/aromatic N) is 5. The van der Waals surface area contributed by atoms with Gasteiger partial charge in [-0.3, -0.25) is 0 Å². The first kappa shape index (κ1) is 38.8. The predicted octanol–water partition coefficient (Wildman–Crippen LogP) is 15.5. The van der Waals surface area contributed by atoms with E-state index in [1.807, 2.05) is 12.4 Å². The average Bonchev–Trinajstić information content (AvgIpc) is 4.09. The minimum Gasteiger partial charge on any atom is -0.456 e. The fourth-order valence-corrected chi connectivity index (χ4v) is 10.6. The van der Waals surface area contributed by atoms with Crippen LogP contribution in [0.1, 0.15) is 0 Å². The third kappa shape index (κ3) is 6.16. The highest BCUT2D eigenvalue weighted by molar-refractivity contribution is 6.28. The molecule has 0 radical (unpaired) electrons. The Labute approximate surface area is 396 Å². The van der Waals surface area contributed by atoms with Crippen LogP contribution in [0, 0.1) is 0 Å². The average molecular weight is 883 g/mol. The van der Waals surface area contributed by atoms with Crippen molar-refractivity contribution in [1.82, 2.24) is 19.2 Å². The van der Waals surface area contributed by atoms with Gasteiger partial charge in [0.05, 0.1) is 33.2 Å². The summed E-state index contributed by atoms with van der Waals surface area (Å²) < 4.78 is 13.5. The van der Waals surface area contributed by atoms with E-state index in [1.165, 1.54) is 21.9 Å². The maximum Gasteiger partial charge on any atom is 0.308 e. The summed E-state index contributed by atoms with van der Waals surface area (Å²) >= 11 is 0. The number of hydrogen-bond acceptors (Lipinski definition) is 3. The van der Waals surface area contributed by atoms with Crippen molar-refractivity contribution in [2.24, 2.45) is 0 Å². The SMILES string of the molecule is c1ccc(-c2ccc(-c3nc[n+](-n4c5ccccc5c5c6c7ccccc7n(-c7ccc(-c8ccccc8)cc7)c6ccc54)c(-c4cccc5oc6cccc(-c7ccccc7)c6c45)n3)cc2)cc1. The summed E-state index contributed by atoms with van der Waals surface area (Å²) in [5.74, 6) is 1.35. The van der Waals surface area contributed by atoms with Gasteiger partial charge in [-0.1, -0.05) is 180 Å². The van der Waals surface area contributed by atoms with Crippen LogP contribution in [0.2, 0.25) is 0 Å². The molecule has 4 aromatic heterocycles. The molecule has 4 heterocycles. The maximum atomic E-state index is 6.71. The molecule has 14 rings (SSSR count). The van der Waals surface area contributed by atoms with Crippen molar-refractivity contribution in [1.29, 1.82) is 0 Å². The summed E-state index contributed by atoms with van der Waals surface area (Å²) in [6.45, 7) is 0. The van der Waals surface area contributed by atoms with Gasteiger partial charge in [0.1, 0.15) is 11.2 Å². The van der Waals surface area contributed by atoms with Gasteiger partial charge in [-0.05, 0) is 100 Å². The number of rotatable bonds is 7. The van der Waals surface area contributed by atoms with E-state index in [-0.39, 0.29) is 0 Å². The first-order chi connectivity index (χ1) is 34.2. The lowest BCUT2D eigenvalue weighted by molar-refractivity contribution is -0.715. The lowest BCUT2D eigenvalue weighted by Crippen LogP contribution is -2.45. The van der Waals surface area contributed by atoms with Crippen LogP contribution in [-0.2, 0) is 0 Å². The Balaban J connectivity index is 1.04. The third-order valence-electron chi connectivity index (χ3n) is 13.7. The van der Waals surface area contributed by atoms with Gasteiger partial charge in [0, 0.05) is 38.0 Å². The predicted molar refractivity (Wildman–Crippen MR) is 281 cm³/mol. The number of hydrogen-bond donors (Lipinski definition) is 0. The second kappa shape index (κ2) is 15.6. The molecule has 0 saturated carbocycles. The van der Waals surface area contributed by atoms with Crippen LogP contribution < -0.4 is 4.68 Å². The molecule has 10 aromatic carbocycles. The minimum absolute atomic E-state index is 0.624. The lowest BCUT2D eigenvalue weighted by atomic mass is 9.97. The van der Waals surface area contributed by atoms with Crippen LogP contribution >= 0.6 is 0 Å². The zero-order valence-corrected chi connectivity index (χ0v) is 37.2. The number of fused-ring (bicyclic) bond motifs is 10. The van der Waals surface area contributed by atoms with E-state index >= 15 is 0 Å². The van der Waals surface area contributed by atoms with Crippen LogP contribution in [0.15, 0.2) is 247 Å². The first-order valence-electron chi connectivity index (χ1n) is 23.3. The summed E-state index contributed by atoms with van der Waals surface area (Å²) in [5, 5.41) is 6.72. The van der Waals surface area contributed by atoms with Gasteiger partial charge < -0.3 is 8.98 Å². The van der Waals surface area contributed by atoms with Crippen molar-refractivity contribution >= 4 is 65.6 Å². The molecule has 0 aliphatic heterocycles. The molecule has 14 aromatic rings. The summed E-state index contributed by atoms with van der Waals surface area (Å²) in [5.41, 5.74) is 15.8. The standard InChI is InChI=1S/C63H40N5O/c1-4-16-41(17-5-1)43-30-32-46(33-31-43)62-64-40-66(63(65-62)51-25-15-29-57-61(51)60-48(24-14-28-56(60)69-57)45-20-8-3-9-21-45)68-53-27-13-11-23-50(53)59-55(68)39-38-54-58(59)49-22-10-12-26-52(49)67(54)47-36-34-44(35-37-47)42-18-6-2-7-19-42/h1-40H/q+1. The van der Waals surface area contributed by atoms with Crippen LogP contribution in [0.4, 0.5) is 0 Å². The Bertz CT molecular complexity index is 4270. The molecular formula is C63H40N5O+. The Hall–Kier alpha value is -9.39. The molecule has 69 heavy (non-hydrogen) atoms. The topological polar surface area (TPSA) is 52.7 Å². The molecule has 0 atom stereocenters. The highest BCUT2D eigenvalue weighted by Crippen LogP contribution is 2.43. The molecule has 6 heteroatoms. The van der Waals surface area contributed by atoms with Crippen molar-refractivity contribution in [3.63, 3.8) is 0 Å². The van der Waals surface area contributed by atoms with E-state index in [0.29, 0.717) is 5.82 Å². The molecule has 0 N–H and O–H groups in total. The van der Waals surface area contributed by atoms with E-state index < -0.39 is 0 Å². The van der Waals surface area contributed by atoms with Crippen molar-refractivity contribution in [2.45, 2.75) is 0 Å². The van der Waals surface area contributed by atoms with Crippen LogP contribution in [-0.4, -0.2) is 19.2 Å². The van der Waals surface area contributed by atoms with Crippen LogP contribution in [0.5, 0.6) is 0 Å². The quantitative estimate of drug-likeness (QED) is 0.150. The van der Waals surface area contributed by atoms with E-state index in [2.05, 4.69) is 244 Å². The molecule has 0 amide bonds. The van der Waals surface area contributed by atoms with Gasteiger partial charge in [-0.15, -0.1) is 4.68 Å². The van der Waals surface area contributed by atoms with Crippen molar-refractivity contribution < 1.29 is 9.09 Å². The molecule has 0 fully saturated rings. The molecule has 0 saturated heterocycles. The van der Waals surface area contributed by atoms with E-state index in [9.17, 15) is 0 Å². The molecule has 0 aliphatic carbocycles. The molecule has 0 spiro atoms. The number of furan rings is 1. The Morgan fingerprint density at radius 2 is 0.841 bits per heavy atom. The van der Waals surface area contributed by atoms with Gasteiger partial charge in [-0.25, -0.2) is 0 Å². The van der Waals surface area contributed by atoms with Gasteiger partial charge >= 0.3 is 5.82 Å². The van der Waals surface area contributed by atoms with E-state index in [1.54, 1.807) is 0 Å². The fraction of sp³-hybridized carbons (Fsp3) is 0. The molecule has 6 nitrogen and oxygen atoms in total. The molecule has 0 unspecified atom stereocenters. The zero-order valence-electron chi connectivity index (χ0n) is 37.2. The normalized spacial score (nSPS) is 11.8. The summed E-state index contributed by atoms with van der Waals surface area (Å²) in [7, 11) is 0. The summed E-state index contributed by atoms with van der Waals surface area (Å²) in [6, 6.07) is 83.7. The minimum atomic E-state index is 0.624. The van der Waals surface area contributed by atoms with Crippen molar-refractivity contribution in [3.8, 4) is 61.8 Å². The maximum absolute atomic E-state index is 6.71.